The number of aliphatic imine (C=N–C) groups is 1. The molecule has 2 atom stereocenters. The number of amides is 1. The van der Waals surface area contributed by atoms with Crippen molar-refractivity contribution in [3.8, 4) is 0 Å². The van der Waals surface area contributed by atoms with Gasteiger partial charge in [-0.25, -0.2) is 8.42 Å². The third-order valence-corrected chi connectivity index (χ3v) is 7.88. The number of amidine groups is 1. The van der Waals surface area contributed by atoms with Gasteiger partial charge in [0.2, 0.25) is 5.91 Å². The highest BCUT2D eigenvalue weighted by Gasteiger charge is 2.49. The fourth-order valence-corrected chi connectivity index (χ4v) is 7.10. The predicted molar refractivity (Wildman–Crippen MR) is 100 cm³/mol. The maximum atomic E-state index is 12.0. The standard InChI is InChI=1S/C15H16Cl2N2O3S2/c1-2-3-14(20)18-15-19(9-4-5-10(16)11(17)6-9)12-7-24(21,22)8-13(12)23-15/h4-6,12-13H,2-3,7-8H2,1H3/t12-,13-/m1/s1. The number of rotatable bonds is 3. The van der Waals surface area contributed by atoms with Gasteiger partial charge in [0, 0.05) is 17.4 Å². The number of nitrogens with zero attached hydrogens (tertiary/aromatic N) is 2. The zero-order valence-electron chi connectivity index (χ0n) is 12.9. The van der Waals surface area contributed by atoms with Crippen molar-refractivity contribution in [3.05, 3.63) is 28.2 Å². The molecule has 0 bridgehead atoms. The van der Waals surface area contributed by atoms with E-state index in [1.807, 2.05) is 11.8 Å². The van der Waals surface area contributed by atoms with E-state index < -0.39 is 9.84 Å². The first kappa shape index (κ1) is 18.0. The molecule has 5 nitrogen and oxygen atoms in total. The number of carbonyl (C=O) groups excluding carboxylic acids is 1. The van der Waals surface area contributed by atoms with E-state index in [4.69, 9.17) is 23.2 Å². The van der Waals surface area contributed by atoms with Crippen molar-refractivity contribution in [1.82, 2.24) is 0 Å². The average Bonchev–Trinajstić information content (AvgIpc) is 2.93. The highest BCUT2D eigenvalue weighted by molar-refractivity contribution is 8.16. The lowest BCUT2D eigenvalue weighted by molar-refractivity contribution is -0.117. The molecule has 3 rings (SSSR count). The number of benzene rings is 1. The fourth-order valence-electron chi connectivity index (χ4n) is 2.88. The summed E-state index contributed by atoms with van der Waals surface area (Å²) in [5, 5.41) is 1.21. The topological polar surface area (TPSA) is 66.8 Å². The van der Waals surface area contributed by atoms with Gasteiger partial charge in [0.1, 0.15) is 0 Å². The molecule has 0 aromatic heterocycles. The summed E-state index contributed by atoms with van der Waals surface area (Å²) in [5.74, 6) is -0.0551. The second-order valence-electron chi connectivity index (χ2n) is 5.81. The van der Waals surface area contributed by atoms with E-state index in [1.54, 1.807) is 18.2 Å². The van der Waals surface area contributed by atoms with Crippen molar-refractivity contribution in [3.63, 3.8) is 0 Å². The molecule has 2 fully saturated rings. The van der Waals surface area contributed by atoms with Crippen LogP contribution in [0.4, 0.5) is 5.69 Å². The van der Waals surface area contributed by atoms with E-state index in [0.717, 1.165) is 0 Å². The van der Waals surface area contributed by atoms with Crippen LogP contribution in [0.15, 0.2) is 23.2 Å². The smallest absolute Gasteiger partial charge is 0.248 e. The molecule has 2 saturated heterocycles. The van der Waals surface area contributed by atoms with E-state index in [1.165, 1.54) is 11.8 Å². The van der Waals surface area contributed by atoms with Gasteiger partial charge in [-0.1, -0.05) is 41.9 Å². The highest BCUT2D eigenvalue weighted by atomic mass is 35.5. The molecule has 1 aromatic rings. The Labute approximate surface area is 155 Å². The molecule has 9 heteroatoms. The SMILES string of the molecule is CCCC(=O)N=C1S[C@@H]2CS(=O)(=O)C[C@H]2N1c1ccc(Cl)c(Cl)c1. The third kappa shape index (κ3) is 3.59. The molecular weight excluding hydrogens is 391 g/mol. The molecule has 2 aliphatic heterocycles. The quantitative estimate of drug-likeness (QED) is 0.769. The number of thioether (sulfide) groups is 1. The van der Waals surface area contributed by atoms with Crippen LogP contribution in [0.25, 0.3) is 0 Å². The van der Waals surface area contributed by atoms with Gasteiger partial charge < -0.3 is 4.90 Å². The Bertz CT molecular complexity index is 811. The van der Waals surface area contributed by atoms with Gasteiger partial charge in [0.15, 0.2) is 15.0 Å². The third-order valence-electron chi connectivity index (χ3n) is 3.93. The molecular formula is C15H16Cl2N2O3S2. The van der Waals surface area contributed by atoms with Gasteiger partial charge in [-0.3, -0.25) is 4.79 Å². The summed E-state index contributed by atoms with van der Waals surface area (Å²) in [6.45, 7) is 1.91. The Hall–Kier alpha value is -0.760. The molecule has 2 heterocycles. The number of hydrogen-bond donors (Lipinski definition) is 0. The minimum absolute atomic E-state index is 0.0475. The predicted octanol–water partition coefficient (Wildman–Crippen LogP) is 3.39. The van der Waals surface area contributed by atoms with Crippen LogP contribution in [0, 0.1) is 0 Å². The molecule has 2 aliphatic rings. The molecule has 1 aromatic carbocycles. The maximum absolute atomic E-state index is 12.0. The van der Waals surface area contributed by atoms with Crippen LogP contribution in [-0.2, 0) is 14.6 Å². The van der Waals surface area contributed by atoms with Crippen molar-refractivity contribution >= 4 is 61.6 Å². The lowest BCUT2D eigenvalue weighted by Gasteiger charge is -2.24. The van der Waals surface area contributed by atoms with Crippen LogP contribution in [0.2, 0.25) is 10.0 Å². The monoisotopic (exact) mass is 406 g/mol. The lowest BCUT2D eigenvalue weighted by Crippen LogP contribution is -2.37. The van der Waals surface area contributed by atoms with Gasteiger partial charge in [-0.05, 0) is 24.6 Å². The zero-order valence-corrected chi connectivity index (χ0v) is 16.1. The number of halogens is 2. The van der Waals surface area contributed by atoms with E-state index in [9.17, 15) is 13.2 Å². The Morgan fingerprint density at radius 3 is 2.75 bits per heavy atom. The largest absolute Gasteiger partial charge is 0.316 e. The number of anilines is 1. The van der Waals surface area contributed by atoms with Crippen LogP contribution in [-0.4, -0.2) is 42.3 Å². The van der Waals surface area contributed by atoms with Crippen LogP contribution in [0.3, 0.4) is 0 Å². The summed E-state index contributed by atoms with van der Waals surface area (Å²) in [6, 6.07) is 4.86. The van der Waals surface area contributed by atoms with Crippen molar-refractivity contribution in [2.75, 3.05) is 16.4 Å². The summed E-state index contributed by atoms with van der Waals surface area (Å²) < 4.78 is 24.0. The van der Waals surface area contributed by atoms with Crippen LogP contribution in [0.5, 0.6) is 0 Å². The molecule has 0 spiro atoms. The summed E-state index contributed by atoms with van der Waals surface area (Å²) in [6.07, 6.45) is 1.08. The normalized spacial score (nSPS) is 26.8. The lowest BCUT2D eigenvalue weighted by atomic mass is 10.2. The van der Waals surface area contributed by atoms with Crippen LogP contribution >= 0.6 is 35.0 Å². The maximum Gasteiger partial charge on any atom is 0.248 e. The van der Waals surface area contributed by atoms with Gasteiger partial charge in [0.25, 0.3) is 0 Å². The molecule has 130 valence electrons. The second kappa shape index (κ2) is 6.86. The van der Waals surface area contributed by atoms with Gasteiger partial charge >= 0.3 is 0 Å². The van der Waals surface area contributed by atoms with Crippen LogP contribution in [0.1, 0.15) is 19.8 Å². The molecule has 0 radical (unpaired) electrons. The highest BCUT2D eigenvalue weighted by Crippen LogP contribution is 2.42. The number of hydrogen-bond acceptors (Lipinski definition) is 4. The molecule has 0 N–H and O–H groups in total. The number of carbonyl (C=O) groups is 1. The van der Waals surface area contributed by atoms with Crippen molar-refractivity contribution in [1.29, 1.82) is 0 Å². The minimum atomic E-state index is -3.09. The first-order chi connectivity index (χ1) is 11.3. The fraction of sp³-hybridized carbons (Fsp3) is 0.467. The summed E-state index contributed by atoms with van der Waals surface area (Å²) >= 11 is 13.4. The van der Waals surface area contributed by atoms with E-state index in [2.05, 4.69) is 4.99 Å². The minimum Gasteiger partial charge on any atom is -0.316 e. The summed E-state index contributed by atoms with van der Waals surface area (Å²) in [4.78, 5) is 18.0. The van der Waals surface area contributed by atoms with E-state index in [0.29, 0.717) is 33.7 Å². The van der Waals surface area contributed by atoms with E-state index >= 15 is 0 Å². The summed E-state index contributed by atoms with van der Waals surface area (Å²) in [7, 11) is -3.09. The van der Waals surface area contributed by atoms with Gasteiger partial charge in [0.05, 0.1) is 27.6 Å². The molecule has 1 amide bonds. The molecule has 0 saturated carbocycles. The van der Waals surface area contributed by atoms with Gasteiger partial charge in [-0.2, -0.15) is 4.99 Å². The number of sulfone groups is 1. The Balaban J connectivity index is 2.01. The molecule has 0 aliphatic carbocycles. The van der Waals surface area contributed by atoms with Crippen molar-refractivity contribution in [2.45, 2.75) is 31.1 Å². The Morgan fingerprint density at radius 2 is 2.08 bits per heavy atom. The molecule has 0 unspecified atom stereocenters. The Morgan fingerprint density at radius 1 is 1.33 bits per heavy atom. The summed E-state index contributed by atoms with van der Waals surface area (Å²) in [5.41, 5.74) is 0.699. The second-order valence-corrected chi connectivity index (χ2v) is 9.98. The first-order valence-corrected chi connectivity index (χ1v) is 11.0. The number of fused-ring (bicyclic) bond motifs is 1. The Kier molecular flexibility index (Phi) is 5.16. The van der Waals surface area contributed by atoms with E-state index in [-0.39, 0.29) is 28.7 Å². The average molecular weight is 407 g/mol. The van der Waals surface area contributed by atoms with Gasteiger partial charge in [-0.15, -0.1) is 0 Å². The first-order valence-electron chi connectivity index (χ1n) is 7.53. The van der Waals surface area contributed by atoms with Crippen molar-refractivity contribution < 1.29 is 13.2 Å². The van der Waals surface area contributed by atoms with Crippen LogP contribution < -0.4 is 4.90 Å². The molecule has 24 heavy (non-hydrogen) atoms. The van der Waals surface area contributed by atoms with Crippen molar-refractivity contribution in [2.24, 2.45) is 4.99 Å². The zero-order chi connectivity index (χ0) is 17.5.